The minimum atomic E-state index is -0.529. The van der Waals surface area contributed by atoms with Gasteiger partial charge in [0.1, 0.15) is 40.1 Å². The van der Waals surface area contributed by atoms with Gasteiger partial charge in [-0.15, -0.1) is 0 Å². The zero-order valence-corrected chi connectivity index (χ0v) is 37.8. The Morgan fingerprint density at radius 2 is 1.00 bits per heavy atom. The van der Waals surface area contributed by atoms with Gasteiger partial charge in [-0.1, -0.05) is 123 Å². The van der Waals surface area contributed by atoms with E-state index in [1.54, 1.807) is 18.2 Å². The highest BCUT2D eigenvalue weighted by atomic mass is 79.9. The standard InChI is InChI=1S/C25H14Br2O2.C13H7BrO2.C13H9BrO/c26-15-12-13-18-23(14-15)28-21-10-3-1-6-16(21)25(18)17-7-2-4-11-22(17)29-24-19(25)8-5-9-20(24)27;14-10-6-3-5-9-12(15)8-4-1-2-7-11(8)16-13(9)10;14-11-5-6-13-10(8-11)7-9-3-1-2-4-12(9)15-13/h1-14H;1-7H;1-6,8H,7H2. The van der Waals surface area contributed by atoms with Crippen molar-refractivity contribution in [2.75, 3.05) is 0 Å². The predicted molar refractivity (Wildman–Crippen MR) is 251 cm³/mol. The highest BCUT2D eigenvalue weighted by Gasteiger charge is 2.50. The molecule has 12 rings (SSSR count). The molecule has 292 valence electrons. The third-order valence-electron chi connectivity index (χ3n) is 10.9. The molecule has 3 aliphatic rings. The Bertz CT molecular complexity index is 3200. The van der Waals surface area contributed by atoms with E-state index in [-0.39, 0.29) is 5.43 Å². The van der Waals surface area contributed by atoms with E-state index in [2.05, 4.69) is 124 Å². The van der Waals surface area contributed by atoms with Gasteiger partial charge in [0.05, 0.1) is 25.1 Å². The Kier molecular flexibility index (Phi) is 10.2. The first-order valence-electron chi connectivity index (χ1n) is 19.1. The largest absolute Gasteiger partial charge is 0.457 e. The molecule has 1 spiro atoms. The summed E-state index contributed by atoms with van der Waals surface area (Å²) in [6.45, 7) is 0. The quantitative estimate of drug-likeness (QED) is 0.142. The summed E-state index contributed by atoms with van der Waals surface area (Å²) in [5, 5.41) is 1.22. The third-order valence-corrected chi connectivity index (χ3v) is 13.1. The molecule has 4 heterocycles. The third kappa shape index (κ3) is 6.68. The van der Waals surface area contributed by atoms with Crippen LogP contribution in [0.25, 0.3) is 21.9 Å². The fourth-order valence-electron chi connectivity index (χ4n) is 8.28. The summed E-state index contributed by atoms with van der Waals surface area (Å²) in [5.74, 6) is 5.36. The van der Waals surface area contributed by atoms with E-state index in [0.29, 0.717) is 21.9 Å². The fraction of sp³-hybridized carbons (Fsp3) is 0.0392. The molecule has 3 aliphatic heterocycles. The van der Waals surface area contributed by atoms with Gasteiger partial charge in [0.2, 0.25) is 5.43 Å². The van der Waals surface area contributed by atoms with Crippen molar-refractivity contribution < 1.29 is 18.6 Å². The van der Waals surface area contributed by atoms with Gasteiger partial charge in [0.25, 0.3) is 0 Å². The second kappa shape index (κ2) is 15.9. The molecule has 5 nitrogen and oxygen atoms in total. The molecular formula is C51H30Br4O5. The number of benzene rings is 8. The number of hydrogen-bond donors (Lipinski definition) is 0. The highest BCUT2D eigenvalue weighted by Crippen LogP contribution is 2.62. The van der Waals surface area contributed by atoms with Crippen LogP contribution in [0.1, 0.15) is 33.4 Å². The monoisotopic (exact) mass is 1040 g/mol. The van der Waals surface area contributed by atoms with Gasteiger partial charge < -0.3 is 18.6 Å². The van der Waals surface area contributed by atoms with E-state index in [1.165, 1.54) is 11.1 Å². The lowest BCUT2D eigenvalue weighted by molar-refractivity contribution is 0.398. The van der Waals surface area contributed by atoms with E-state index >= 15 is 0 Å². The first-order chi connectivity index (χ1) is 29.3. The average molecular weight is 1040 g/mol. The maximum atomic E-state index is 12.2. The van der Waals surface area contributed by atoms with Crippen LogP contribution in [0.2, 0.25) is 0 Å². The summed E-state index contributed by atoms with van der Waals surface area (Å²) >= 11 is 14.2. The molecule has 0 fully saturated rings. The van der Waals surface area contributed by atoms with E-state index in [0.717, 1.165) is 81.1 Å². The van der Waals surface area contributed by atoms with Crippen LogP contribution < -0.4 is 19.6 Å². The molecule has 1 aromatic heterocycles. The van der Waals surface area contributed by atoms with Gasteiger partial charge >= 0.3 is 0 Å². The zero-order chi connectivity index (χ0) is 41.0. The first kappa shape index (κ1) is 38.7. The minimum absolute atomic E-state index is 0.0122. The molecular weight excluding hydrogens is 1010 g/mol. The molecule has 9 aromatic rings. The summed E-state index contributed by atoms with van der Waals surface area (Å²) in [7, 11) is 0. The Morgan fingerprint density at radius 1 is 0.433 bits per heavy atom. The Labute approximate surface area is 379 Å². The smallest absolute Gasteiger partial charge is 0.200 e. The van der Waals surface area contributed by atoms with Crippen molar-refractivity contribution in [1.29, 1.82) is 0 Å². The Balaban J connectivity index is 0.000000118. The lowest BCUT2D eigenvalue weighted by Crippen LogP contribution is -2.36. The molecule has 0 amide bonds. The molecule has 0 aliphatic carbocycles. The molecule has 0 saturated heterocycles. The minimum Gasteiger partial charge on any atom is -0.457 e. The summed E-state index contributed by atoms with van der Waals surface area (Å²) < 4.78 is 28.1. The summed E-state index contributed by atoms with van der Waals surface area (Å²) in [6, 6.07) is 56.1. The van der Waals surface area contributed by atoms with Crippen LogP contribution in [0.3, 0.4) is 0 Å². The van der Waals surface area contributed by atoms with Gasteiger partial charge in [0.15, 0.2) is 5.58 Å². The molecule has 0 radical (unpaired) electrons. The van der Waals surface area contributed by atoms with Gasteiger partial charge in [-0.05, 0) is 116 Å². The van der Waals surface area contributed by atoms with Gasteiger partial charge in [-0.2, -0.15) is 0 Å². The van der Waals surface area contributed by atoms with Crippen LogP contribution in [-0.4, -0.2) is 0 Å². The lowest BCUT2D eigenvalue weighted by Gasteiger charge is -2.45. The second-order valence-corrected chi connectivity index (χ2v) is 17.9. The van der Waals surface area contributed by atoms with Crippen molar-refractivity contribution in [3.8, 4) is 34.5 Å². The normalized spacial score (nSPS) is 14.8. The molecule has 0 saturated carbocycles. The Morgan fingerprint density at radius 3 is 1.82 bits per heavy atom. The van der Waals surface area contributed by atoms with E-state index in [9.17, 15) is 4.79 Å². The van der Waals surface area contributed by atoms with Crippen molar-refractivity contribution in [1.82, 2.24) is 0 Å². The van der Waals surface area contributed by atoms with Crippen LogP contribution in [0.15, 0.2) is 197 Å². The van der Waals surface area contributed by atoms with Crippen molar-refractivity contribution >= 4 is 85.7 Å². The van der Waals surface area contributed by atoms with Crippen LogP contribution in [0.4, 0.5) is 0 Å². The molecule has 1 unspecified atom stereocenters. The van der Waals surface area contributed by atoms with E-state index in [1.807, 2.05) is 91.0 Å². The molecule has 0 N–H and O–H groups in total. The summed E-state index contributed by atoms with van der Waals surface area (Å²) in [4.78, 5) is 12.2. The molecule has 0 bridgehead atoms. The summed E-state index contributed by atoms with van der Waals surface area (Å²) in [6.07, 6.45) is 0.949. The van der Waals surface area contributed by atoms with Crippen LogP contribution in [0.5, 0.6) is 34.5 Å². The van der Waals surface area contributed by atoms with Crippen molar-refractivity contribution in [2.24, 2.45) is 0 Å². The predicted octanol–water partition coefficient (Wildman–Crippen LogP) is 15.7. The second-order valence-electron chi connectivity index (χ2n) is 14.4. The topological polar surface area (TPSA) is 57.9 Å². The average Bonchev–Trinajstić information content (AvgIpc) is 3.27. The highest BCUT2D eigenvalue weighted by molar-refractivity contribution is 9.11. The number of ether oxygens (including phenoxy) is 3. The molecule has 1 atom stereocenters. The van der Waals surface area contributed by atoms with E-state index < -0.39 is 5.41 Å². The lowest BCUT2D eigenvalue weighted by atomic mass is 9.62. The van der Waals surface area contributed by atoms with Crippen molar-refractivity contribution in [3.05, 3.63) is 231 Å². The number of para-hydroxylation sites is 6. The van der Waals surface area contributed by atoms with Gasteiger partial charge in [-0.3, -0.25) is 4.79 Å². The zero-order valence-electron chi connectivity index (χ0n) is 31.4. The van der Waals surface area contributed by atoms with E-state index in [4.69, 9.17) is 18.6 Å². The number of fused-ring (bicyclic) bond motifs is 12. The molecule has 9 heteroatoms. The van der Waals surface area contributed by atoms with Crippen LogP contribution in [-0.2, 0) is 11.8 Å². The first-order valence-corrected chi connectivity index (χ1v) is 22.2. The van der Waals surface area contributed by atoms with Crippen LogP contribution >= 0.6 is 63.7 Å². The van der Waals surface area contributed by atoms with Crippen molar-refractivity contribution in [2.45, 2.75) is 11.8 Å². The summed E-state index contributed by atoms with van der Waals surface area (Å²) in [5.41, 5.74) is 7.63. The maximum absolute atomic E-state index is 12.2. The maximum Gasteiger partial charge on any atom is 0.200 e. The van der Waals surface area contributed by atoms with Gasteiger partial charge in [-0.25, -0.2) is 0 Å². The SMILES string of the molecule is Brc1ccc2c(c1)Cc1ccccc1O2.Brc1ccc2c(c1)Oc1ccccc1C21c2ccccc2Oc2c(Br)cccc21.O=c1c2ccccc2oc2c(Br)cccc12. The number of rotatable bonds is 0. The van der Waals surface area contributed by atoms with Gasteiger partial charge in [0, 0.05) is 43.2 Å². The number of hydrogen-bond acceptors (Lipinski definition) is 5. The molecule has 60 heavy (non-hydrogen) atoms. The fourth-order valence-corrected chi connectivity index (χ4v) is 9.92. The Hall–Kier alpha value is -5.45. The number of halogens is 4. The molecule has 8 aromatic carbocycles. The van der Waals surface area contributed by atoms with Crippen molar-refractivity contribution in [3.63, 3.8) is 0 Å². The van der Waals surface area contributed by atoms with Crippen LogP contribution in [0, 0.1) is 0 Å².